The Hall–Kier alpha value is -1.97. The molecule has 2 aliphatic rings. The number of carboxylic acid groups (broad SMARTS) is 1. The molecule has 2 saturated heterocycles. The van der Waals surface area contributed by atoms with Crippen LogP contribution < -0.4 is 0 Å². The maximum Gasteiger partial charge on any atom is 0.329 e. The molecule has 0 radical (unpaired) electrons. The van der Waals surface area contributed by atoms with Crippen LogP contribution in [0.15, 0.2) is 29.2 Å². The third-order valence-electron chi connectivity index (χ3n) is 5.06. The van der Waals surface area contributed by atoms with Crippen molar-refractivity contribution in [1.29, 1.82) is 0 Å². The number of carbonyl (C=O) groups excluding carboxylic acids is 1. The minimum absolute atomic E-state index is 0.110. The molecule has 1 aromatic carbocycles. The molecule has 2 heterocycles. The molecular formula is C17H22N2O6S. The van der Waals surface area contributed by atoms with Gasteiger partial charge in [0, 0.05) is 25.2 Å². The van der Waals surface area contributed by atoms with Crippen molar-refractivity contribution >= 4 is 21.9 Å². The molecule has 2 fully saturated rings. The fourth-order valence-electron chi connectivity index (χ4n) is 3.37. The van der Waals surface area contributed by atoms with E-state index in [9.17, 15) is 23.1 Å². The molecule has 2 aliphatic heterocycles. The monoisotopic (exact) mass is 382 g/mol. The van der Waals surface area contributed by atoms with Gasteiger partial charge in [0.15, 0.2) is 0 Å². The number of carbonyl (C=O) groups is 2. The zero-order valence-electron chi connectivity index (χ0n) is 14.6. The van der Waals surface area contributed by atoms with Gasteiger partial charge in [-0.25, -0.2) is 13.2 Å². The zero-order chi connectivity index (χ0) is 18.9. The molecule has 9 heteroatoms. The van der Waals surface area contributed by atoms with Crippen LogP contribution in [0.3, 0.4) is 0 Å². The first-order valence-electron chi connectivity index (χ1n) is 8.50. The van der Waals surface area contributed by atoms with Gasteiger partial charge in [0.2, 0.25) is 10.0 Å². The largest absolute Gasteiger partial charge is 0.480 e. The lowest BCUT2D eigenvalue weighted by atomic mass is 9.98. The van der Waals surface area contributed by atoms with Crippen molar-refractivity contribution in [1.82, 2.24) is 9.21 Å². The summed E-state index contributed by atoms with van der Waals surface area (Å²) >= 11 is 0. The number of likely N-dealkylation sites (tertiary alicyclic amines) is 1. The maximum atomic E-state index is 12.7. The Labute approximate surface area is 152 Å². The molecule has 3 rings (SSSR count). The second kappa shape index (κ2) is 6.98. The summed E-state index contributed by atoms with van der Waals surface area (Å²) in [6, 6.07) is 5.67. The Morgan fingerprint density at radius 2 is 1.73 bits per heavy atom. The smallest absolute Gasteiger partial charge is 0.329 e. The molecule has 0 saturated carbocycles. The third kappa shape index (κ3) is 3.22. The molecule has 26 heavy (non-hydrogen) atoms. The van der Waals surface area contributed by atoms with Crippen molar-refractivity contribution in [3.05, 3.63) is 29.8 Å². The number of sulfonamides is 1. The van der Waals surface area contributed by atoms with Gasteiger partial charge in [-0.1, -0.05) is 0 Å². The fourth-order valence-corrected chi connectivity index (χ4v) is 4.78. The minimum atomic E-state index is -3.63. The zero-order valence-corrected chi connectivity index (χ0v) is 15.4. The predicted molar refractivity (Wildman–Crippen MR) is 92.3 cm³/mol. The summed E-state index contributed by atoms with van der Waals surface area (Å²) < 4.78 is 31.8. The number of benzene rings is 1. The van der Waals surface area contributed by atoms with Gasteiger partial charge in [0.1, 0.15) is 5.54 Å². The van der Waals surface area contributed by atoms with Gasteiger partial charge in [-0.2, -0.15) is 4.31 Å². The second-order valence-electron chi connectivity index (χ2n) is 6.68. The standard InChI is InChI=1S/C17H22N2O6S/c1-17(16(21)22)7-2-8-19(17)15(20)13-3-5-14(6-4-13)26(23,24)18-9-11-25-12-10-18/h3-6H,2,7-12H2,1H3,(H,21,22). The number of nitrogens with zero attached hydrogens (tertiary/aromatic N) is 2. The molecule has 1 N–H and O–H groups in total. The molecule has 0 aromatic heterocycles. The van der Waals surface area contributed by atoms with E-state index < -0.39 is 27.4 Å². The number of carboxylic acids is 1. The Bertz CT molecular complexity index is 801. The topological polar surface area (TPSA) is 104 Å². The van der Waals surface area contributed by atoms with E-state index in [1.807, 2.05) is 0 Å². The summed E-state index contributed by atoms with van der Waals surface area (Å²) in [5.41, 5.74) is -0.948. The molecule has 1 amide bonds. The van der Waals surface area contributed by atoms with Crippen LogP contribution in [-0.2, 0) is 19.6 Å². The average Bonchev–Trinajstić information content (AvgIpc) is 3.05. The molecule has 0 aliphatic carbocycles. The van der Waals surface area contributed by atoms with Gasteiger partial charge in [-0.3, -0.25) is 4.79 Å². The number of aliphatic carboxylic acids is 1. The first-order chi connectivity index (χ1) is 12.3. The second-order valence-corrected chi connectivity index (χ2v) is 8.62. The van der Waals surface area contributed by atoms with E-state index >= 15 is 0 Å². The van der Waals surface area contributed by atoms with E-state index in [0.29, 0.717) is 45.7 Å². The van der Waals surface area contributed by atoms with Crippen LogP contribution in [0.1, 0.15) is 30.1 Å². The van der Waals surface area contributed by atoms with Crippen molar-refractivity contribution in [3.8, 4) is 0 Å². The van der Waals surface area contributed by atoms with Crippen molar-refractivity contribution in [3.63, 3.8) is 0 Å². The lowest BCUT2D eigenvalue weighted by Gasteiger charge is -2.31. The van der Waals surface area contributed by atoms with Gasteiger partial charge in [-0.05, 0) is 44.0 Å². The van der Waals surface area contributed by atoms with Crippen LogP contribution in [0.25, 0.3) is 0 Å². The van der Waals surface area contributed by atoms with Crippen molar-refractivity contribution in [2.75, 3.05) is 32.8 Å². The van der Waals surface area contributed by atoms with Gasteiger partial charge in [0.25, 0.3) is 5.91 Å². The highest BCUT2D eigenvalue weighted by atomic mass is 32.2. The van der Waals surface area contributed by atoms with Gasteiger partial charge in [-0.15, -0.1) is 0 Å². The number of morpholine rings is 1. The summed E-state index contributed by atoms with van der Waals surface area (Å²) in [6.45, 7) is 3.23. The highest BCUT2D eigenvalue weighted by Crippen LogP contribution is 2.31. The molecule has 1 atom stereocenters. The third-order valence-corrected chi connectivity index (χ3v) is 6.97. The summed E-state index contributed by atoms with van der Waals surface area (Å²) in [4.78, 5) is 25.7. The summed E-state index contributed by atoms with van der Waals surface area (Å²) in [6.07, 6.45) is 1.02. The lowest BCUT2D eigenvalue weighted by molar-refractivity contribution is -0.147. The van der Waals surface area contributed by atoms with E-state index in [1.54, 1.807) is 0 Å². The molecule has 0 spiro atoms. The van der Waals surface area contributed by atoms with Crippen molar-refractivity contribution in [2.45, 2.75) is 30.2 Å². The summed E-state index contributed by atoms with van der Waals surface area (Å²) in [5.74, 6) is -1.43. The number of rotatable bonds is 4. The molecule has 8 nitrogen and oxygen atoms in total. The number of hydrogen-bond donors (Lipinski definition) is 1. The van der Waals surface area contributed by atoms with E-state index in [4.69, 9.17) is 4.74 Å². The SMILES string of the molecule is CC1(C(=O)O)CCCN1C(=O)c1ccc(S(=O)(=O)N2CCOCC2)cc1. The average molecular weight is 382 g/mol. The molecule has 0 bridgehead atoms. The highest BCUT2D eigenvalue weighted by molar-refractivity contribution is 7.89. The Kier molecular flexibility index (Phi) is 5.05. The molecule has 142 valence electrons. The van der Waals surface area contributed by atoms with Crippen LogP contribution in [0, 0.1) is 0 Å². The van der Waals surface area contributed by atoms with Gasteiger partial charge >= 0.3 is 5.97 Å². The van der Waals surface area contributed by atoms with Crippen molar-refractivity contribution < 1.29 is 27.9 Å². The summed E-state index contributed by atoms with van der Waals surface area (Å²) in [5, 5.41) is 9.44. The van der Waals surface area contributed by atoms with E-state index in [0.717, 1.165) is 0 Å². The van der Waals surface area contributed by atoms with Gasteiger partial charge < -0.3 is 14.7 Å². The normalized spacial score (nSPS) is 24.6. The Morgan fingerprint density at radius 3 is 2.31 bits per heavy atom. The highest BCUT2D eigenvalue weighted by Gasteiger charge is 2.46. The van der Waals surface area contributed by atoms with Crippen LogP contribution in [0.2, 0.25) is 0 Å². The maximum absolute atomic E-state index is 12.7. The number of amides is 1. The van der Waals surface area contributed by atoms with Crippen LogP contribution in [0.5, 0.6) is 0 Å². The minimum Gasteiger partial charge on any atom is -0.480 e. The van der Waals surface area contributed by atoms with E-state index in [2.05, 4.69) is 0 Å². The lowest BCUT2D eigenvalue weighted by Crippen LogP contribution is -2.50. The van der Waals surface area contributed by atoms with Gasteiger partial charge in [0.05, 0.1) is 18.1 Å². The number of hydrogen-bond acceptors (Lipinski definition) is 5. The van der Waals surface area contributed by atoms with Crippen LogP contribution in [0.4, 0.5) is 0 Å². The van der Waals surface area contributed by atoms with E-state index in [-0.39, 0.29) is 10.5 Å². The number of ether oxygens (including phenoxy) is 1. The fraction of sp³-hybridized carbons (Fsp3) is 0.529. The molecular weight excluding hydrogens is 360 g/mol. The predicted octanol–water partition coefficient (Wildman–Crippen LogP) is 0.787. The first-order valence-corrected chi connectivity index (χ1v) is 9.94. The van der Waals surface area contributed by atoms with Crippen LogP contribution >= 0.6 is 0 Å². The Balaban J connectivity index is 1.81. The molecule has 1 aromatic rings. The quantitative estimate of drug-likeness (QED) is 0.826. The van der Waals surface area contributed by atoms with E-state index in [1.165, 1.54) is 40.4 Å². The Morgan fingerprint density at radius 1 is 1.12 bits per heavy atom. The summed E-state index contributed by atoms with van der Waals surface area (Å²) in [7, 11) is -3.63. The first kappa shape index (κ1) is 18.8. The molecule has 1 unspecified atom stereocenters. The van der Waals surface area contributed by atoms with Crippen molar-refractivity contribution in [2.24, 2.45) is 0 Å². The van der Waals surface area contributed by atoms with Crippen LogP contribution in [-0.4, -0.2) is 73.0 Å².